The average Bonchev–Trinajstić information content (AvgIpc) is 2.89. The van der Waals surface area contributed by atoms with Gasteiger partial charge in [-0.3, -0.25) is 0 Å². The molecule has 1 heteroatoms. The highest BCUT2D eigenvalue weighted by atomic mass is 16.2. The Hall–Kier alpha value is -0.300. The van der Waals surface area contributed by atoms with Crippen molar-refractivity contribution in [3.05, 3.63) is 12.2 Å². The molecule has 0 heterocycles. The van der Waals surface area contributed by atoms with E-state index in [1.807, 2.05) is 0 Å². The third kappa shape index (κ3) is 29.9. The van der Waals surface area contributed by atoms with Gasteiger partial charge in [-0.1, -0.05) is 193 Å². The predicted octanol–water partition coefficient (Wildman–Crippen LogP) is 12.5. The fourth-order valence-electron chi connectivity index (χ4n) is 5.63. The minimum Gasteiger partial charge on any atom is -0.396 e. The van der Waals surface area contributed by atoms with Crippen LogP contribution < -0.4 is 0 Å². The number of allylic oxidation sites excluding steroid dienone is 1. The van der Waals surface area contributed by atoms with E-state index in [9.17, 15) is 0 Å². The van der Waals surface area contributed by atoms with E-state index in [2.05, 4.69) is 26.0 Å². The second-order valence-corrected chi connectivity index (χ2v) is 11.8. The summed E-state index contributed by atoms with van der Waals surface area (Å²) < 4.78 is 0. The fraction of sp³-hybridized carbons (Fsp3) is 0.943. The van der Waals surface area contributed by atoms with Crippen molar-refractivity contribution in [1.82, 2.24) is 0 Å². The van der Waals surface area contributed by atoms with E-state index < -0.39 is 0 Å². The molecule has 0 aliphatic rings. The first-order chi connectivity index (χ1) is 17.8. The second kappa shape index (κ2) is 32.7. The smallest absolute Gasteiger partial charge is 0.0465 e. The summed E-state index contributed by atoms with van der Waals surface area (Å²) in [5, 5.41) is 8.77. The molecular weight excluding hydrogens is 436 g/mol. The van der Waals surface area contributed by atoms with Gasteiger partial charge in [0, 0.05) is 6.61 Å². The number of aliphatic hydroxyl groups excluding tert-OH is 1. The third-order valence-corrected chi connectivity index (χ3v) is 8.13. The molecule has 0 amide bonds. The van der Waals surface area contributed by atoms with Crippen molar-refractivity contribution in [1.29, 1.82) is 0 Å². The molecule has 0 saturated heterocycles. The molecule has 0 aromatic rings. The van der Waals surface area contributed by atoms with Crippen LogP contribution in [0.3, 0.4) is 0 Å². The minimum absolute atomic E-state index is 0.287. The molecule has 0 saturated carbocycles. The molecule has 0 radical (unpaired) electrons. The summed E-state index contributed by atoms with van der Waals surface area (Å²) in [5.41, 5.74) is 0. The van der Waals surface area contributed by atoms with E-state index in [1.165, 1.54) is 180 Å². The number of hydrogen-bond acceptors (Lipinski definition) is 1. The van der Waals surface area contributed by atoms with Gasteiger partial charge in [0.2, 0.25) is 0 Å². The molecule has 0 bridgehead atoms. The summed E-state index contributed by atoms with van der Waals surface area (Å²) in [5.74, 6) is 1.02. The van der Waals surface area contributed by atoms with Crippen LogP contribution in [-0.2, 0) is 0 Å². The van der Waals surface area contributed by atoms with Gasteiger partial charge in [0.15, 0.2) is 0 Å². The summed E-state index contributed by atoms with van der Waals surface area (Å²) in [6.07, 6.45) is 45.6. The highest BCUT2D eigenvalue weighted by molar-refractivity contribution is 4.80. The van der Waals surface area contributed by atoms with Crippen molar-refractivity contribution in [2.45, 2.75) is 200 Å². The van der Waals surface area contributed by atoms with Crippen LogP contribution in [0.25, 0.3) is 0 Å². The maximum absolute atomic E-state index is 8.77. The number of rotatable bonds is 31. The Balaban J connectivity index is 3.74. The molecule has 0 aliphatic heterocycles. The Bertz CT molecular complexity index is 383. The molecule has 0 aliphatic carbocycles. The zero-order valence-corrected chi connectivity index (χ0v) is 25.4. The van der Waals surface area contributed by atoms with Crippen molar-refractivity contribution < 1.29 is 5.11 Å². The molecular formula is C35H70O. The second-order valence-electron chi connectivity index (χ2n) is 11.8. The largest absolute Gasteiger partial charge is 0.396 e. The Kier molecular flexibility index (Phi) is 32.5. The lowest BCUT2D eigenvalue weighted by Crippen LogP contribution is -2.01. The average molecular weight is 507 g/mol. The van der Waals surface area contributed by atoms with Crippen LogP contribution >= 0.6 is 0 Å². The van der Waals surface area contributed by atoms with Gasteiger partial charge in [0.1, 0.15) is 0 Å². The van der Waals surface area contributed by atoms with Crippen molar-refractivity contribution in [3.63, 3.8) is 0 Å². The zero-order valence-electron chi connectivity index (χ0n) is 25.4. The lowest BCUT2D eigenvalue weighted by Gasteiger charge is -2.17. The van der Waals surface area contributed by atoms with E-state index in [1.54, 1.807) is 0 Å². The SMILES string of the molecule is CCCCCCCCCC(CCCCCCCCC)CCCCCCCCCCCC/C=C\CCO. The molecule has 0 spiro atoms. The van der Waals surface area contributed by atoms with Gasteiger partial charge in [-0.15, -0.1) is 0 Å². The summed E-state index contributed by atoms with van der Waals surface area (Å²) in [7, 11) is 0. The van der Waals surface area contributed by atoms with Gasteiger partial charge in [-0.25, -0.2) is 0 Å². The van der Waals surface area contributed by atoms with E-state index >= 15 is 0 Å². The zero-order chi connectivity index (χ0) is 26.2. The lowest BCUT2D eigenvalue weighted by molar-refractivity contribution is 0.302. The van der Waals surface area contributed by atoms with Gasteiger partial charge < -0.3 is 5.11 Å². The van der Waals surface area contributed by atoms with Crippen LogP contribution in [0, 0.1) is 5.92 Å². The molecule has 36 heavy (non-hydrogen) atoms. The Morgan fingerprint density at radius 3 is 1.06 bits per heavy atom. The van der Waals surface area contributed by atoms with Crippen molar-refractivity contribution in [2.24, 2.45) is 5.92 Å². The molecule has 1 N–H and O–H groups in total. The van der Waals surface area contributed by atoms with Crippen LogP contribution in [0.15, 0.2) is 12.2 Å². The third-order valence-electron chi connectivity index (χ3n) is 8.13. The number of aliphatic hydroxyl groups is 1. The molecule has 0 aromatic heterocycles. The predicted molar refractivity (Wildman–Crippen MR) is 165 cm³/mol. The van der Waals surface area contributed by atoms with Crippen LogP contribution in [0.5, 0.6) is 0 Å². The first-order valence-corrected chi connectivity index (χ1v) is 17.1. The van der Waals surface area contributed by atoms with E-state index in [4.69, 9.17) is 5.11 Å². The monoisotopic (exact) mass is 507 g/mol. The quantitative estimate of drug-likeness (QED) is 0.0732. The van der Waals surface area contributed by atoms with Crippen LogP contribution in [0.2, 0.25) is 0 Å². The normalized spacial score (nSPS) is 11.9. The van der Waals surface area contributed by atoms with E-state index in [-0.39, 0.29) is 6.61 Å². The maximum atomic E-state index is 8.77. The molecule has 0 rings (SSSR count). The van der Waals surface area contributed by atoms with Gasteiger partial charge in [0.05, 0.1) is 0 Å². The van der Waals surface area contributed by atoms with Gasteiger partial charge in [-0.05, 0) is 25.2 Å². The molecule has 0 unspecified atom stereocenters. The van der Waals surface area contributed by atoms with Gasteiger partial charge >= 0.3 is 0 Å². The summed E-state index contributed by atoms with van der Waals surface area (Å²) in [4.78, 5) is 0. The van der Waals surface area contributed by atoms with Crippen LogP contribution in [-0.4, -0.2) is 11.7 Å². The molecule has 0 atom stereocenters. The van der Waals surface area contributed by atoms with E-state index in [0.717, 1.165) is 12.3 Å². The Labute approximate surface area is 229 Å². The Morgan fingerprint density at radius 2 is 0.694 bits per heavy atom. The minimum atomic E-state index is 0.287. The fourth-order valence-corrected chi connectivity index (χ4v) is 5.63. The standard InChI is InChI=1S/C35H70O/c1-3-5-7-9-19-23-27-31-35(32-28-24-20-10-8-6-4-2)33-29-25-21-17-15-13-11-12-14-16-18-22-26-30-34-36/h22,26,35-36H,3-21,23-25,27-34H2,1-2H3/b26-22-. The van der Waals surface area contributed by atoms with Crippen molar-refractivity contribution >= 4 is 0 Å². The van der Waals surface area contributed by atoms with Gasteiger partial charge in [0.25, 0.3) is 0 Å². The summed E-state index contributed by atoms with van der Waals surface area (Å²) in [6, 6.07) is 0. The summed E-state index contributed by atoms with van der Waals surface area (Å²) in [6.45, 7) is 4.92. The van der Waals surface area contributed by atoms with Crippen molar-refractivity contribution in [2.75, 3.05) is 6.61 Å². The maximum Gasteiger partial charge on any atom is 0.0465 e. The molecule has 0 aromatic carbocycles. The van der Waals surface area contributed by atoms with Crippen LogP contribution in [0.4, 0.5) is 0 Å². The van der Waals surface area contributed by atoms with Crippen LogP contribution in [0.1, 0.15) is 200 Å². The first kappa shape index (κ1) is 35.7. The van der Waals surface area contributed by atoms with E-state index in [0.29, 0.717) is 0 Å². The lowest BCUT2D eigenvalue weighted by atomic mass is 9.89. The Morgan fingerprint density at radius 1 is 0.389 bits per heavy atom. The molecule has 1 nitrogen and oxygen atoms in total. The molecule has 216 valence electrons. The first-order valence-electron chi connectivity index (χ1n) is 17.1. The highest BCUT2D eigenvalue weighted by Crippen LogP contribution is 2.25. The topological polar surface area (TPSA) is 20.2 Å². The number of hydrogen-bond donors (Lipinski definition) is 1. The summed E-state index contributed by atoms with van der Waals surface area (Å²) >= 11 is 0. The van der Waals surface area contributed by atoms with Crippen molar-refractivity contribution in [3.8, 4) is 0 Å². The highest BCUT2D eigenvalue weighted by Gasteiger charge is 2.09. The number of unbranched alkanes of at least 4 members (excludes halogenated alkanes) is 22. The molecule has 0 fully saturated rings. The van der Waals surface area contributed by atoms with Gasteiger partial charge in [-0.2, -0.15) is 0 Å².